The summed E-state index contributed by atoms with van der Waals surface area (Å²) in [6, 6.07) is 16.0. The number of hydrogen-bond donors (Lipinski definition) is 0. The third-order valence-corrected chi connectivity index (χ3v) is 12.7. The quantitative estimate of drug-likeness (QED) is 0.109. The second-order valence-corrected chi connectivity index (χ2v) is 14.9. The van der Waals surface area contributed by atoms with Crippen molar-refractivity contribution in [2.45, 2.75) is 26.7 Å². The van der Waals surface area contributed by atoms with E-state index in [9.17, 15) is 9.59 Å². The van der Waals surface area contributed by atoms with Crippen molar-refractivity contribution in [1.82, 2.24) is 4.48 Å². The van der Waals surface area contributed by atoms with Gasteiger partial charge in [0.25, 0.3) is 0 Å². The summed E-state index contributed by atoms with van der Waals surface area (Å²) in [6.45, 7) is -0.590. The molecule has 46 heavy (non-hydrogen) atoms. The molecule has 0 atom stereocenters. The van der Waals surface area contributed by atoms with E-state index in [0.29, 0.717) is 30.8 Å². The van der Waals surface area contributed by atoms with Gasteiger partial charge in [0.05, 0.1) is 18.8 Å². The van der Waals surface area contributed by atoms with Gasteiger partial charge in [-0.1, -0.05) is 0 Å². The highest BCUT2D eigenvalue weighted by molar-refractivity contribution is 7.28. The van der Waals surface area contributed by atoms with Crippen molar-refractivity contribution >= 4 is 76.0 Å². The predicted molar refractivity (Wildman–Crippen MR) is 184 cm³/mol. The lowest BCUT2D eigenvalue weighted by Crippen LogP contribution is -2.49. The number of aromatic nitrogens is 1. The molecule has 0 radical (unpaired) electrons. The summed E-state index contributed by atoms with van der Waals surface area (Å²) in [5, 5.41) is 2.06. The summed E-state index contributed by atoms with van der Waals surface area (Å²) >= 11 is 6.66. The number of rotatable bonds is 10. The number of allylic oxidation sites excluding steroid dienone is 2. The molecule has 0 N–H and O–H groups in total. The molecule has 0 spiro atoms. The first kappa shape index (κ1) is 30.7. The predicted octanol–water partition coefficient (Wildman–Crippen LogP) is 8.60. The molecule has 7 rings (SSSR count). The number of halogens is 2. The summed E-state index contributed by atoms with van der Waals surface area (Å²) < 4.78 is 43.4. The Labute approximate surface area is 280 Å². The Morgan fingerprint density at radius 3 is 2.17 bits per heavy atom. The highest BCUT2D eigenvalue weighted by Crippen LogP contribution is 2.47. The summed E-state index contributed by atoms with van der Waals surface area (Å²) in [5.74, 6) is -0.620. The molecule has 6 nitrogen and oxygen atoms in total. The maximum atomic E-state index is 15.4. The van der Waals surface area contributed by atoms with Crippen LogP contribution >= 0.6 is 45.3 Å². The lowest BCUT2D eigenvalue weighted by molar-refractivity contribution is -0.356. The first-order valence-corrected chi connectivity index (χ1v) is 17.9. The van der Waals surface area contributed by atoms with E-state index in [0.717, 1.165) is 54.9 Å². The van der Waals surface area contributed by atoms with Gasteiger partial charge in [-0.2, -0.15) is 0 Å². The van der Waals surface area contributed by atoms with Crippen LogP contribution in [0.4, 0.5) is 8.63 Å². The molecule has 0 fully saturated rings. The maximum Gasteiger partial charge on any atom is 0.737 e. The van der Waals surface area contributed by atoms with Crippen LogP contribution in [0, 0.1) is 0 Å². The summed E-state index contributed by atoms with van der Waals surface area (Å²) in [6.07, 6.45) is 7.45. The zero-order valence-corrected chi connectivity index (χ0v) is 28.1. The lowest BCUT2D eigenvalue weighted by Gasteiger charge is -2.30. The first-order chi connectivity index (χ1) is 22.2. The Morgan fingerprint density at radius 2 is 1.48 bits per heavy atom. The molecule has 5 aromatic heterocycles. The minimum Gasteiger partial charge on any atom is -0.466 e. The van der Waals surface area contributed by atoms with Crippen molar-refractivity contribution in [3.05, 3.63) is 99.7 Å². The Hall–Kier alpha value is -3.91. The van der Waals surface area contributed by atoms with Crippen molar-refractivity contribution in [2.75, 3.05) is 13.2 Å². The van der Waals surface area contributed by atoms with E-state index in [1.165, 1.54) is 31.1 Å². The fourth-order valence-electron chi connectivity index (χ4n) is 5.76. The highest BCUT2D eigenvalue weighted by Gasteiger charge is 2.51. The number of carbonyl (C=O) groups excluding carboxylic acids is 2. The van der Waals surface area contributed by atoms with Crippen LogP contribution in [0.5, 0.6) is 0 Å². The average molecular weight is 693 g/mol. The van der Waals surface area contributed by atoms with Gasteiger partial charge < -0.3 is 27.1 Å². The standard InChI is InChI=1S/C33H27BF2N2O4S4/c1-20(39)41-16-11-22-13-18-43-32(22)28-9-7-26(44-28)27-8-10-29(45-27)33-23(12-17-42-21(2)40)19-30(46-33)31-24-5-3-14-37(24)34(35,36)38-15-4-6-25(31)38/h3-10,13-15,18-19H,11-12,16-17H2,1-2H3. The van der Waals surface area contributed by atoms with Crippen molar-refractivity contribution in [3.8, 4) is 29.3 Å². The second kappa shape index (κ2) is 12.4. The monoisotopic (exact) mass is 692 g/mol. The number of nitrogens with zero attached hydrogens (tertiary/aromatic N) is 2. The van der Waals surface area contributed by atoms with Gasteiger partial charge in [0, 0.05) is 78.7 Å². The molecule has 0 unspecified atom stereocenters. The summed E-state index contributed by atoms with van der Waals surface area (Å²) in [7, 11) is 0. The molecule has 2 aliphatic heterocycles. The van der Waals surface area contributed by atoms with Gasteiger partial charge in [-0.15, -0.1) is 45.3 Å². The molecule has 5 aromatic rings. The van der Waals surface area contributed by atoms with Gasteiger partial charge in [0.2, 0.25) is 0 Å². The van der Waals surface area contributed by atoms with Crippen LogP contribution < -0.4 is 0 Å². The van der Waals surface area contributed by atoms with Crippen LogP contribution in [0.1, 0.15) is 35.5 Å². The van der Waals surface area contributed by atoms with Crippen molar-refractivity contribution in [2.24, 2.45) is 0 Å². The maximum absolute atomic E-state index is 15.4. The van der Waals surface area contributed by atoms with Crippen LogP contribution in [0.25, 0.3) is 34.8 Å². The van der Waals surface area contributed by atoms with Crippen molar-refractivity contribution < 1.29 is 32.2 Å². The van der Waals surface area contributed by atoms with Crippen LogP contribution in [-0.2, 0) is 31.9 Å². The zero-order valence-electron chi connectivity index (χ0n) is 24.8. The summed E-state index contributed by atoms with van der Waals surface area (Å²) in [4.78, 5) is 30.4. The fourth-order valence-corrected chi connectivity index (χ4v) is 10.4. The van der Waals surface area contributed by atoms with Crippen molar-refractivity contribution in [1.29, 1.82) is 0 Å². The average Bonchev–Trinajstić information content (AvgIpc) is 3.85. The molecule has 0 bridgehead atoms. The highest BCUT2D eigenvalue weighted by atomic mass is 32.1. The van der Waals surface area contributed by atoms with Gasteiger partial charge >= 0.3 is 18.9 Å². The molecule has 0 aliphatic carbocycles. The molecule has 0 saturated carbocycles. The Balaban J connectivity index is 1.22. The van der Waals surface area contributed by atoms with Crippen molar-refractivity contribution in [3.63, 3.8) is 0 Å². The van der Waals surface area contributed by atoms with E-state index in [4.69, 9.17) is 9.47 Å². The van der Waals surface area contributed by atoms with Gasteiger partial charge in [0.15, 0.2) is 5.70 Å². The molecular weight excluding hydrogens is 665 g/mol. The minimum absolute atomic E-state index is 0.231. The number of carbonyl (C=O) groups is 2. The van der Waals surface area contributed by atoms with Gasteiger partial charge in [-0.3, -0.25) is 9.59 Å². The Morgan fingerprint density at radius 1 is 0.826 bits per heavy atom. The molecule has 234 valence electrons. The Kier molecular flexibility index (Phi) is 8.26. The SMILES string of the molecule is CC(=O)OCCc1ccsc1-c1ccc(-c2ccc(-c3sc(C4=C5C=CC=[N+]5[B-](F)(F)n5cccc54)cc3CCOC(C)=O)s2)s1. The molecule has 0 aromatic carbocycles. The molecule has 7 heterocycles. The number of fused-ring (bicyclic) bond motifs is 2. The van der Waals surface area contributed by atoms with E-state index in [1.54, 1.807) is 69.6 Å². The normalized spacial score (nSPS) is 14.7. The minimum atomic E-state index is -3.99. The van der Waals surface area contributed by atoms with E-state index in [2.05, 4.69) is 41.8 Å². The second-order valence-electron chi connectivity index (χ2n) is 10.8. The Bertz CT molecular complexity index is 2080. The number of ether oxygens (including phenoxy) is 2. The largest absolute Gasteiger partial charge is 0.737 e. The molecule has 13 heteroatoms. The van der Waals surface area contributed by atoms with Crippen LogP contribution in [0.2, 0.25) is 0 Å². The third kappa shape index (κ3) is 5.66. The molecule has 0 amide bonds. The van der Waals surface area contributed by atoms with Crippen LogP contribution in [-0.4, -0.2) is 47.3 Å². The lowest BCUT2D eigenvalue weighted by atomic mass is 9.88. The first-order valence-electron chi connectivity index (χ1n) is 14.6. The van der Waals surface area contributed by atoms with Gasteiger partial charge in [-0.25, -0.2) is 0 Å². The fraction of sp³-hybridized carbons (Fsp3) is 0.182. The summed E-state index contributed by atoms with van der Waals surface area (Å²) in [5.41, 5.74) is 3.88. The zero-order chi connectivity index (χ0) is 32.0. The number of thiophene rings is 4. The third-order valence-electron chi connectivity index (χ3n) is 7.80. The number of hydrogen-bond acceptors (Lipinski definition) is 8. The molecular formula is C33H27BF2N2O4S4. The molecule has 2 aliphatic rings. The topological polar surface area (TPSA) is 60.5 Å². The smallest absolute Gasteiger partial charge is 0.466 e. The van der Waals surface area contributed by atoms with Crippen LogP contribution in [0.15, 0.2) is 78.0 Å². The van der Waals surface area contributed by atoms with Gasteiger partial charge in [0.1, 0.15) is 6.21 Å². The van der Waals surface area contributed by atoms with Crippen LogP contribution in [0.3, 0.4) is 0 Å². The van der Waals surface area contributed by atoms with E-state index >= 15 is 8.63 Å². The van der Waals surface area contributed by atoms with E-state index in [-0.39, 0.29) is 18.5 Å². The van der Waals surface area contributed by atoms with E-state index < -0.39 is 6.97 Å². The van der Waals surface area contributed by atoms with Gasteiger partial charge in [-0.05, 0) is 71.2 Å². The molecule has 0 saturated heterocycles. The number of esters is 2. The van der Waals surface area contributed by atoms with E-state index in [1.807, 2.05) is 0 Å².